The van der Waals surface area contributed by atoms with Crippen molar-refractivity contribution in [3.63, 3.8) is 0 Å². The monoisotopic (exact) mass is 544 g/mol. The molecule has 3 aromatic rings. The molecule has 0 radical (unpaired) electrons. The Labute approximate surface area is 222 Å². The highest BCUT2D eigenvalue weighted by Crippen LogP contribution is 2.38. The zero-order valence-electron chi connectivity index (χ0n) is 21.3. The van der Waals surface area contributed by atoms with Crippen LogP contribution < -0.4 is 10.1 Å². The molecule has 3 aromatic heterocycles. The molecule has 5 heterocycles. The predicted octanol–water partition coefficient (Wildman–Crippen LogP) is 3.82. The van der Waals surface area contributed by atoms with E-state index in [1.165, 1.54) is 0 Å². The molecule has 206 valence electrons. The maximum atomic E-state index is 14.4. The normalized spacial score (nSPS) is 18.6. The summed E-state index contributed by atoms with van der Waals surface area (Å²) in [5.74, 6) is -0.918. The maximum absolute atomic E-state index is 14.4. The fraction of sp³-hybridized carbons (Fsp3) is 0.385. The van der Waals surface area contributed by atoms with Gasteiger partial charge in [-0.05, 0) is 50.8 Å². The molecular weight excluding hydrogens is 517 g/mol. The Morgan fingerprint density at radius 2 is 1.95 bits per heavy atom. The van der Waals surface area contributed by atoms with Crippen LogP contribution in [0.3, 0.4) is 0 Å². The summed E-state index contributed by atoms with van der Waals surface area (Å²) in [4.78, 5) is 40.3. The number of anilines is 1. The predicted molar refractivity (Wildman–Crippen MR) is 134 cm³/mol. The fourth-order valence-electron chi connectivity index (χ4n) is 4.99. The number of aromatic nitrogens is 4. The minimum atomic E-state index is -3.09. The van der Waals surface area contributed by atoms with E-state index in [4.69, 9.17) is 14.9 Å². The van der Waals surface area contributed by atoms with E-state index in [-0.39, 0.29) is 23.5 Å². The summed E-state index contributed by atoms with van der Waals surface area (Å²) in [5, 5.41) is 10.5. The van der Waals surface area contributed by atoms with E-state index < -0.39 is 24.2 Å². The topological polar surface area (TPSA) is 130 Å². The molecule has 2 aliphatic heterocycles. The van der Waals surface area contributed by atoms with E-state index in [2.05, 4.69) is 31.1 Å². The Morgan fingerprint density at radius 1 is 1.23 bits per heavy atom. The number of carbonyl (C=O) groups excluding carboxylic acids is 1. The molecule has 13 heteroatoms. The highest BCUT2D eigenvalue weighted by molar-refractivity contribution is 5.84. The number of carboxylic acid groups (broad SMARTS) is 1. The number of alkyl halides is 2. The molecular formula is C26H27F3N6O4. The molecule has 1 amide bonds. The second kappa shape index (κ2) is 11.6. The van der Waals surface area contributed by atoms with Crippen molar-refractivity contribution in [3.8, 4) is 17.3 Å². The van der Waals surface area contributed by atoms with Gasteiger partial charge in [0.05, 0.1) is 23.3 Å². The number of fused-ring (bicyclic) bond motifs is 1. The first kappa shape index (κ1) is 27.7. The smallest absolute Gasteiger partial charge is 0.388 e. The van der Waals surface area contributed by atoms with Crippen LogP contribution >= 0.6 is 0 Å². The van der Waals surface area contributed by atoms with Gasteiger partial charge in [0.2, 0.25) is 11.8 Å². The van der Waals surface area contributed by atoms with Crippen molar-refractivity contribution in [3.05, 3.63) is 59.4 Å². The average molecular weight is 545 g/mol. The van der Waals surface area contributed by atoms with Gasteiger partial charge in [-0.1, -0.05) is 0 Å². The molecule has 2 N–H and O–H groups in total. The van der Waals surface area contributed by atoms with Crippen LogP contribution in [0.2, 0.25) is 0 Å². The third-order valence-corrected chi connectivity index (χ3v) is 6.93. The first-order chi connectivity index (χ1) is 18.7. The van der Waals surface area contributed by atoms with Gasteiger partial charge in [0.1, 0.15) is 11.6 Å². The zero-order valence-corrected chi connectivity index (χ0v) is 21.3. The van der Waals surface area contributed by atoms with Crippen molar-refractivity contribution >= 4 is 18.2 Å². The lowest BCUT2D eigenvalue weighted by Gasteiger charge is -2.36. The third-order valence-electron chi connectivity index (χ3n) is 6.93. The minimum Gasteiger partial charge on any atom is -0.483 e. The van der Waals surface area contributed by atoms with Gasteiger partial charge in [-0.3, -0.25) is 9.59 Å². The lowest BCUT2D eigenvalue weighted by Crippen LogP contribution is -2.46. The van der Waals surface area contributed by atoms with Gasteiger partial charge in [0, 0.05) is 42.7 Å². The van der Waals surface area contributed by atoms with E-state index in [1.807, 2.05) is 6.92 Å². The van der Waals surface area contributed by atoms with E-state index in [0.717, 1.165) is 47.7 Å². The molecule has 5 rings (SSSR count). The summed E-state index contributed by atoms with van der Waals surface area (Å²) in [7, 11) is 0. The van der Waals surface area contributed by atoms with Crippen LogP contribution in [0, 0.1) is 12.7 Å². The summed E-state index contributed by atoms with van der Waals surface area (Å²) < 4.78 is 43.8. The molecule has 0 bridgehead atoms. The first-order valence-electron chi connectivity index (χ1n) is 12.2. The highest BCUT2D eigenvalue weighted by Gasteiger charge is 2.43. The Morgan fingerprint density at radius 3 is 2.64 bits per heavy atom. The summed E-state index contributed by atoms with van der Waals surface area (Å²) in [6, 6.07) is 4.90. The van der Waals surface area contributed by atoms with Crippen LogP contribution in [-0.4, -0.2) is 67.6 Å². The van der Waals surface area contributed by atoms with Crippen molar-refractivity contribution in [2.75, 3.05) is 18.4 Å². The van der Waals surface area contributed by atoms with Crippen LogP contribution in [0.25, 0.3) is 11.4 Å². The average Bonchev–Trinajstić information content (AvgIpc) is 3.32. The summed E-state index contributed by atoms with van der Waals surface area (Å²) in [6.07, 6.45) is 6.49. The summed E-state index contributed by atoms with van der Waals surface area (Å²) in [6.45, 7) is 1.06. The maximum Gasteiger partial charge on any atom is 0.388 e. The lowest BCUT2D eigenvalue weighted by atomic mass is 9.86. The molecule has 1 spiro atoms. The number of nitrogens with zero attached hydrogens (tertiary/aromatic N) is 5. The number of carbonyl (C=O) groups is 2. The summed E-state index contributed by atoms with van der Waals surface area (Å²) >= 11 is 0. The Bertz CT molecular complexity index is 1350. The summed E-state index contributed by atoms with van der Waals surface area (Å²) in [5.41, 5.74) is 2.39. The molecule has 39 heavy (non-hydrogen) atoms. The standard InChI is InChI=1S/C25H25F3N6O2.CH2O2/c1-14(17-11-20(36-24(27)28)31-12-19(17)26)23(35)34-9-6-25(13-34)5-4-16-10-18(15(2)32-21(16)33-25)22-29-7-3-8-30-22;2-1-3/h3,7-8,10-12,14,24H,4-6,9,13H2,1-2H3,(H,32,33);1H,(H,2,3)/t14?,25-;/m0./s1. The van der Waals surface area contributed by atoms with Crippen LogP contribution in [0.15, 0.2) is 36.8 Å². The lowest BCUT2D eigenvalue weighted by molar-refractivity contribution is -0.131. The van der Waals surface area contributed by atoms with E-state index >= 15 is 0 Å². The molecule has 0 aromatic carbocycles. The largest absolute Gasteiger partial charge is 0.483 e. The van der Waals surface area contributed by atoms with Crippen molar-refractivity contribution < 1.29 is 32.6 Å². The van der Waals surface area contributed by atoms with Gasteiger partial charge in [-0.15, -0.1) is 0 Å². The van der Waals surface area contributed by atoms with Gasteiger partial charge in [-0.25, -0.2) is 24.3 Å². The zero-order chi connectivity index (χ0) is 28.2. The van der Waals surface area contributed by atoms with Crippen molar-refractivity contribution in [2.45, 2.75) is 51.2 Å². The number of hydrogen-bond acceptors (Lipinski definition) is 8. The second-order valence-corrected chi connectivity index (χ2v) is 9.37. The Balaban J connectivity index is 0.00000112. The van der Waals surface area contributed by atoms with Crippen molar-refractivity contribution in [1.29, 1.82) is 0 Å². The Hall–Kier alpha value is -4.29. The van der Waals surface area contributed by atoms with E-state index in [1.54, 1.807) is 30.3 Å². The SMILES string of the molecule is Cc1nc2c(cc1-c1ncccn1)CC[C@@]1(CCN(C(=O)C(C)c3cc(OC(F)F)ncc3F)C1)N2.O=CO. The van der Waals surface area contributed by atoms with Gasteiger partial charge < -0.3 is 20.1 Å². The van der Waals surface area contributed by atoms with Gasteiger partial charge in [-0.2, -0.15) is 8.78 Å². The third kappa shape index (κ3) is 6.07. The van der Waals surface area contributed by atoms with Gasteiger partial charge in [0.15, 0.2) is 5.82 Å². The number of hydrogen-bond donors (Lipinski definition) is 2. The fourth-order valence-corrected chi connectivity index (χ4v) is 4.99. The van der Waals surface area contributed by atoms with E-state index in [0.29, 0.717) is 25.3 Å². The van der Waals surface area contributed by atoms with Gasteiger partial charge in [0.25, 0.3) is 6.47 Å². The van der Waals surface area contributed by atoms with Crippen molar-refractivity contribution in [2.24, 2.45) is 0 Å². The molecule has 0 saturated carbocycles. The Kier molecular flexibility index (Phi) is 8.27. The number of aryl methyl sites for hydroxylation is 2. The van der Waals surface area contributed by atoms with Crippen LogP contribution in [0.5, 0.6) is 5.88 Å². The molecule has 1 saturated heterocycles. The van der Waals surface area contributed by atoms with Crippen LogP contribution in [0.1, 0.15) is 42.5 Å². The molecule has 0 aliphatic carbocycles. The van der Waals surface area contributed by atoms with Crippen molar-refractivity contribution in [1.82, 2.24) is 24.8 Å². The molecule has 1 unspecified atom stereocenters. The number of likely N-dealkylation sites (tertiary alicyclic amines) is 1. The quantitative estimate of drug-likeness (QED) is 0.461. The second-order valence-electron chi connectivity index (χ2n) is 9.37. The van der Waals surface area contributed by atoms with E-state index in [9.17, 15) is 18.0 Å². The number of nitrogens with one attached hydrogen (secondary N) is 1. The molecule has 10 nitrogen and oxygen atoms in total. The number of rotatable bonds is 5. The van der Waals surface area contributed by atoms with Gasteiger partial charge >= 0.3 is 6.61 Å². The minimum absolute atomic E-state index is 0.0264. The van der Waals surface area contributed by atoms with Crippen LogP contribution in [0.4, 0.5) is 19.0 Å². The molecule has 2 atom stereocenters. The number of ether oxygens (including phenoxy) is 1. The molecule has 2 aliphatic rings. The highest BCUT2D eigenvalue weighted by atomic mass is 19.3. The first-order valence-corrected chi connectivity index (χ1v) is 12.2. The van der Waals surface area contributed by atoms with Crippen LogP contribution in [-0.2, 0) is 16.0 Å². The number of pyridine rings is 2. The molecule has 1 fully saturated rings. The number of amides is 1. The number of halogens is 3.